The minimum atomic E-state index is -0.642. The number of phenolic OH excluding ortho intramolecular Hbond substituents is 3. The average Bonchev–Trinajstić information content (AvgIpc) is 3.09. The van der Waals surface area contributed by atoms with Gasteiger partial charge in [-0.2, -0.15) is 0 Å². The molecule has 0 atom stereocenters. The summed E-state index contributed by atoms with van der Waals surface area (Å²) in [6, 6.07) is 13.2. The molecule has 0 bridgehead atoms. The van der Waals surface area contributed by atoms with Gasteiger partial charge in [-0.15, -0.1) is 0 Å². The van der Waals surface area contributed by atoms with E-state index in [0.29, 0.717) is 0 Å². The van der Waals surface area contributed by atoms with Gasteiger partial charge in [-0.3, -0.25) is 0 Å². The summed E-state index contributed by atoms with van der Waals surface area (Å²) >= 11 is 0. The fourth-order valence-electron chi connectivity index (χ4n) is 7.04. The molecular formula is C49H76O3. The van der Waals surface area contributed by atoms with E-state index in [4.69, 9.17) is 0 Å². The molecule has 0 aliphatic heterocycles. The van der Waals surface area contributed by atoms with Crippen LogP contribution in [0, 0.1) is 0 Å². The van der Waals surface area contributed by atoms with Gasteiger partial charge in [0.05, 0.1) is 0 Å². The van der Waals surface area contributed by atoms with Gasteiger partial charge in [-0.1, -0.05) is 161 Å². The first-order valence-electron chi connectivity index (χ1n) is 20.4. The van der Waals surface area contributed by atoms with E-state index in [0.717, 1.165) is 88.6 Å². The van der Waals surface area contributed by atoms with Crippen LogP contribution in [0.15, 0.2) is 36.4 Å². The van der Waals surface area contributed by atoms with E-state index in [9.17, 15) is 15.3 Å². The lowest BCUT2D eigenvalue weighted by Crippen LogP contribution is -2.24. The largest absolute Gasteiger partial charge is 0.507 e. The van der Waals surface area contributed by atoms with Crippen LogP contribution in [-0.2, 0) is 32.5 Å². The van der Waals surface area contributed by atoms with Crippen molar-refractivity contribution in [2.75, 3.05) is 0 Å². The standard InChI is InChI=1S/C49H76O3/c1-19-44(7,8)31-25-34(41(50)37(28-31)47(13,14)22-4)40(35-26-32(45(9,10)20-2)29-38(42(35)51)48(15,16)23-5)36-27-33(46(11,12)21-3)30-39(43(36)52)49(17,18)24-6/h25-30,40,50-52H,19-24H2,1-18H3. The highest BCUT2D eigenvalue weighted by atomic mass is 16.3. The van der Waals surface area contributed by atoms with Crippen LogP contribution in [0.5, 0.6) is 17.2 Å². The SMILES string of the molecule is CCC(C)(C)c1cc(C(c2cc(C(C)(C)CC)cc(C(C)(C)CC)c2O)c2cc(C(C)(C)CC)cc(C(C)(C)CC)c2O)c(O)c(C(C)(C)CC)c1. The number of benzene rings is 3. The van der Waals surface area contributed by atoms with Crippen molar-refractivity contribution in [1.82, 2.24) is 0 Å². The van der Waals surface area contributed by atoms with Gasteiger partial charge < -0.3 is 15.3 Å². The van der Waals surface area contributed by atoms with Gasteiger partial charge in [0.1, 0.15) is 17.2 Å². The molecule has 0 amide bonds. The molecule has 3 aromatic rings. The zero-order valence-corrected chi connectivity index (χ0v) is 36.6. The van der Waals surface area contributed by atoms with Gasteiger partial charge in [-0.05, 0) is 87.7 Å². The Morgan fingerprint density at radius 1 is 0.346 bits per heavy atom. The third-order valence-corrected chi connectivity index (χ3v) is 14.2. The number of phenols is 3. The summed E-state index contributed by atoms with van der Waals surface area (Å²) < 4.78 is 0. The Bertz CT molecular complexity index is 1530. The van der Waals surface area contributed by atoms with Gasteiger partial charge in [0.15, 0.2) is 0 Å². The predicted molar refractivity (Wildman–Crippen MR) is 225 cm³/mol. The van der Waals surface area contributed by atoms with E-state index in [1.165, 1.54) is 0 Å². The zero-order chi connectivity index (χ0) is 40.0. The van der Waals surface area contributed by atoms with E-state index in [1.807, 2.05) is 0 Å². The monoisotopic (exact) mass is 713 g/mol. The van der Waals surface area contributed by atoms with Crippen LogP contribution in [0.1, 0.15) is 219 Å². The molecule has 0 unspecified atom stereocenters. The number of hydrogen-bond donors (Lipinski definition) is 3. The maximum Gasteiger partial charge on any atom is 0.123 e. The minimum Gasteiger partial charge on any atom is -0.507 e. The molecule has 0 aromatic heterocycles. The Labute approximate surface area is 319 Å². The highest BCUT2D eigenvalue weighted by Gasteiger charge is 2.38. The predicted octanol–water partition coefficient (Wildman–Crippen LogP) is 14.1. The molecule has 0 fully saturated rings. The number of aromatic hydroxyl groups is 3. The molecule has 0 radical (unpaired) electrons. The third kappa shape index (κ3) is 8.09. The fourth-order valence-corrected chi connectivity index (χ4v) is 7.04. The Morgan fingerprint density at radius 3 is 0.712 bits per heavy atom. The minimum absolute atomic E-state index is 0.168. The third-order valence-electron chi connectivity index (χ3n) is 14.2. The second-order valence-corrected chi connectivity index (χ2v) is 19.7. The van der Waals surface area contributed by atoms with Crippen LogP contribution >= 0.6 is 0 Å². The van der Waals surface area contributed by atoms with Crippen LogP contribution in [0.4, 0.5) is 0 Å². The van der Waals surface area contributed by atoms with Gasteiger partial charge >= 0.3 is 0 Å². The van der Waals surface area contributed by atoms with Crippen molar-refractivity contribution in [3.8, 4) is 17.2 Å². The summed E-state index contributed by atoms with van der Waals surface area (Å²) in [5.41, 5.74) is 6.96. The van der Waals surface area contributed by atoms with Crippen LogP contribution in [0.3, 0.4) is 0 Å². The summed E-state index contributed by atoms with van der Waals surface area (Å²) in [4.78, 5) is 0. The number of rotatable bonds is 15. The molecule has 3 rings (SSSR count). The molecule has 0 saturated carbocycles. The fraction of sp³-hybridized carbons (Fsp3) is 0.633. The Balaban J connectivity index is 2.85. The first-order chi connectivity index (χ1) is 23.7. The highest BCUT2D eigenvalue weighted by Crippen LogP contribution is 2.53. The normalized spacial score (nSPS) is 13.7. The molecular weight excluding hydrogens is 637 g/mol. The molecule has 3 nitrogen and oxygen atoms in total. The van der Waals surface area contributed by atoms with Gasteiger partial charge in [-0.25, -0.2) is 0 Å². The second kappa shape index (κ2) is 15.1. The Morgan fingerprint density at radius 2 is 0.538 bits per heavy atom. The van der Waals surface area contributed by atoms with Crippen molar-refractivity contribution in [2.24, 2.45) is 0 Å². The van der Waals surface area contributed by atoms with E-state index < -0.39 is 5.92 Å². The molecule has 3 heteroatoms. The molecule has 290 valence electrons. The molecule has 0 saturated heterocycles. The molecule has 0 heterocycles. The topological polar surface area (TPSA) is 60.7 Å². The Kier molecular flexibility index (Phi) is 12.6. The zero-order valence-electron chi connectivity index (χ0n) is 36.6. The molecule has 0 spiro atoms. The highest BCUT2D eigenvalue weighted by molar-refractivity contribution is 5.64. The van der Waals surface area contributed by atoms with Crippen LogP contribution in [0.2, 0.25) is 0 Å². The quantitative estimate of drug-likeness (QED) is 0.137. The second-order valence-electron chi connectivity index (χ2n) is 19.7. The average molecular weight is 713 g/mol. The maximum absolute atomic E-state index is 12.7. The van der Waals surface area contributed by atoms with Crippen LogP contribution < -0.4 is 0 Å². The summed E-state index contributed by atoms with van der Waals surface area (Å²) in [5.74, 6) is 0.106. The number of hydrogen-bond acceptors (Lipinski definition) is 3. The van der Waals surface area contributed by atoms with Gasteiger partial charge in [0.25, 0.3) is 0 Å². The van der Waals surface area contributed by atoms with Crippen molar-refractivity contribution < 1.29 is 15.3 Å². The first-order valence-corrected chi connectivity index (χ1v) is 20.4. The maximum atomic E-state index is 12.7. The summed E-state index contributed by atoms with van der Waals surface area (Å²) in [6.07, 6.45) is 5.32. The van der Waals surface area contributed by atoms with Crippen molar-refractivity contribution in [3.05, 3.63) is 86.5 Å². The van der Waals surface area contributed by atoms with E-state index in [-0.39, 0.29) is 49.7 Å². The Hall–Kier alpha value is -2.94. The van der Waals surface area contributed by atoms with Crippen molar-refractivity contribution in [3.63, 3.8) is 0 Å². The lowest BCUT2D eigenvalue weighted by atomic mass is 9.68. The lowest BCUT2D eigenvalue weighted by Gasteiger charge is -2.36. The van der Waals surface area contributed by atoms with Crippen molar-refractivity contribution >= 4 is 0 Å². The van der Waals surface area contributed by atoms with Crippen molar-refractivity contribution in [1.29, 1.82) is 0 Å². The summed E-state index contributed by atoms with van der Waals surface area (Å²) in [5, 5.41) is 38.2. The first kappa shape index (κ1) is 43.5. The van der Waals surface area contributed by atoms with Gasteiger partial charge in [0, 0.05) is 39.3 Å². The van der Waals surface area contributed by atoms with Crippen LogP contribution in [-0.4, -0.2) is 15.3 Å². The summed E-state index contributed by atoms with van der Waals surface area (Å²) in [7, 11) is 0. The van der Waals surface area contributed by atoms with E-state index in [1.54, 1.807) is 0 Å². The van der Waals surface area contributed by atoms with E-state index in [2.05, 4.69) is 161 Å². The van der Waals surface area contributed by atoms with Crippen LogP contribution in [0.25, 0.3) is 0 Å². The molecule has 52 heavy (non-hydrogen) atoms. The summed E-state index contributed by atoms with van der Waals surface area (Å²) in [6.45, 7) is 40.1. The van der Waals surface area contributed by atoms with E-state index >= 15 is 0 Å². The van der Waals surface area contributed by atoms with Gasteiger partial charge in [0.2, 0.25) is 0 Å². The molecule has 0 aliphatic rings. The molecule has 3 aromatic carbocycles. The van der Waals surface area contributed by atoms with Crippen molar-refractivity contribution in [2.45, 2.75) is 202 Å². The molecule has 3 N–H and O–H groups in total. The smallest absolute Gasteiger partial charge is 0.123 e. The lowest BCUT2D eigenvalue weighted by molar-refractivity contribution is 0.406. The molecule has 0 aliphatic carbocycles.